The Morgan fingerprint density at radius 1 is 0.968 bits per heavy atom. The van der Waals surface area contributed by atoms with Crippen molar-refractivity contribution in [3.8, 4) is 0 Å². The van der Waals surface area contributed by atoms with Gasteiger partial charge in [-0.15, -0.1) is 0 Å². The van der Waals surface area contributed by atoms with E-state index >= 15 is 0 Å². The van der Waals surface area contributed by atoms with E-state index in [0.29, 0.717) is 19.5 Å². The number of nitrogens with zero attached hydrogens (tertiary/aromatic N) is 1. The van der Waals surface area contributed by atoms with E-state index in [1.807, 2.05) is 47.4 Å². The Balaban J connectivity index is 1.50. The molecule has 4 rings (SSSR count). The quantitative estimate of drug-likeness (QED) is 0.566. The molecule has 1 heterocycles. The smallest absolute Gasteiger partial charge is 0.246 e. The number of hydrogen-bond acceptors (Lipinski definition) is 2. The molecule has 0 radical (unpaired) electrons. The lowest BCUT2D eigenvalue weighted by Gasteiger charge is -2.22. The molecule has 31 heavy (non-hydrogen) atoms. The standard InChI is InChI=1S/C27H27FN2O/c28-25-12-9-21(10-13-25)16-18-30(20-22-5-2-1-3-6-22)27(31)14-11-23-7-4-8-24-19-29-17-15-26(23)24/h1-14,29H,15-20H2/b14-11+. The average molecular weight is 415 g/mol. The zero-order chi connectivity index (χ0) is 21.5. The monoisotopic (exact) mass is 414 g/mol. The zero-order valence-corrected chi connectivity index (χ0v) is 17.6. The van der Waals surface area contributed by atoms with Crippen LogP contribution in [0.15, 0.2) is 78.9 Å². The van der Waals surface area contributed by atoms with E-state index in [-0.39, 0.29) is 11.7 Å². The van der Waals surface area contributed by atoms with E-state index < -0.39 is 0 Å². The summed E-state index contributed by atoms with van der Waals surface area (Å²) in [5, 5.41) is 3.39. The van der Waals surface area contributed by atoms with Gasteiger partial charge in [0.1, 0.15) is 5.82 Å². The largest absolute Gasteiger partial charge is 0.335 e. The van der Waals surface area contributed by atoms with E-state index in [1.165, 1.54) is 23.3 Å². The van der Waals surface area contributed by atoms with Crippen LogP contribution in [0.5, 0.6) is 0 Å². The highest BCUT2D eigenvalue weighted by Gasteiger charge is 2.14. The fourth-order valence-electron chi connectivity index (χ4n) is 3.97. The first-order valence-corrected chi connectivity index (χ1v) is 10.8. The lowest BCUT2D eigenvalue weighted by molar-refractivity contribution is -0.126. The molecule has 4 heteroatoms. The van der Waals surface area contributed by atoms with Gasteiger partial charge >= 0.3 is 0 Å². The normalized spacial score (nSPS) is 13.2. The maximum Gasteiger partial charge on any atom is 0.246 e. The molecule has 0 fully saturated rings. The molecule has 3 nitrogen and oxygen atoms in total. The van der Waals surface area contributed by atoms with Crippen molar-refractivity contribution in [1.82, 2.24) is 10.2 Å². The third-order valence-electron chi connectivity index (χ3n) is 5.69. The van der Waals surface area contributed by atoms with Crippen LogP contribution >= 0.6 is 0 Å². The van der Waals surface area contributed by atoms with Crippen molar-refractivity contribution < 1.29 is 9.18 Å². The van der Waals surface area contributed by atoms with Crippen LogP contribution in [0.4, 0.5) is 4.39 Å². The molecule has 0 saturated heterocycles. The van der Waals surface area contributed by atoms with Crippen LogP contribution in [-0.4, -0.2) is 23.9 Å². The first-order chi connectivity index (χ1) is 15.2. The average Bonchev–Trinajstić information content (AvgIpc) is 2.82. The molecule has 1 aliphatic heterocycles. The summed E-state index contributed by atoms with van der Waals surface area (Å²) >= 11 is 0. The molecule has 3 aromatic carbocycles. The summed E-state index contributed by atoms with van der Waals surface area (Å²) in [6, 6.07) is 22.8. The van der Waals surface area contributed by atoms with Crippen LogP contribution in [0, 0.1) is 5.82 Å². The Morgan fingerprint density at radius 2 is 1.77 bits per heavy atom. The van der Waals surface area contributed by atoms with Gasteiger partial charge in [0.15, 0.2) is 0 Å². The molecule has 3 aromatic rings. The second-order valence-electron chi connectivity index (χ2n) is 7.87. The fraction of sp³-hybridized carbons (Fsp3) is 0.222. The summed E-state index contributed by atoms with van der Waals surface area (Å²) in [5.74, 6) is -0.261. The summed E-state index contributed by atoms with van der Waals surface area (Å²) in [7, 11) is 0. The van der Waals surface area contributed by atoms with Crippen LogP contribution in [0.2, 0.25) is 0 Å². The number of nitrogens with one attached hydrogen (secondary N) is 1. The second kappa shape index (κ2) is 10.2. The molecule has 0 bridgehead atoms. The SMILES string of the molecule is O=C(/C=C/c1cccc2c1CCNC2)N(CCc1ccc(F)cc1)Cc1ccccc1. The molecule has 1 aliphatic rings. The highest BCUT2D eigenvalue weighted by molar-refractivity contribution is 5.92. The van der Waals surface area contributed by atoms with E-state index in [4.69, 9.17) is 0 Å². The molecule has 0 atom stereocenters. The summed E-state index contributed by atoms with van der Waals surface area (Å²) in [5.41, 5.74) is 5.85. The molecular weight excluding hydrogens is 387 g/mol. The molecule has 1 N–H and O–H groups in total. The van der Waals surface area contributed by atoms with Crippen molar-refractivity contribution >= 4 is 12.0 Å². The number of amides is 1. The van der Waals surface area contributed by atoms with Gasteiger partial charge in [-0.1, -0.05) is 60.7 Å². The molecule has 0 aromatic heterocycles. The van der Waals surface area contributed by atoms with Crippen LogP contribution in [-0.2, 0) is 30.7 Å². The van der Waals surface area contributed by atoms with Crippen molar-refractivity contribution in [2.24, 2.45) is 0 Å². The Kier molecular flexibility index (Phi) is 6.90. The molecule has 0 spiro atoms. The van der Waals surface area contributed by atoms with Gasteiger partial charge in [-0.2, -0.15) is 0 Å². The molecule has 0 aliphatic carbocycles. The van der Waals surface area contributed by atoms with E-state index in [0.717, 1.165) is 36.2 Å². The van der Waals surface area contributed by atoms with Gasteiger partial charge in [0, 0.05) is 25.7 Å². The van der Waals surface area contributed by atoms with E-state index in [9.17, 15) is 9.18 Å². The maximum absolute atomic E-state index is 13.2. The van der Waals surface area contributed by atoms with Crippen molar-refractivity contribution in [3.05, 3.63) is 113 Å². The second-order valence-corrected chi connectivity index (χ2v) is 7.87. The Hall–Kier alpha value is -3.24. The van der Waals surface area contributed by atoms with Crippen molar-refractivity contribution in [1.29, 1.82) is 0 Å². The molecule has 1 amide bonds. The zero-order valence-electron chi connectivity index (χ0n) is 17.6. The van der Waals surface area contributed by atoms with Gasteiger partial charge in [-0.25, -0.2) is 4.39 Å². The third kappa shape index (κ3) is 5.68. The number of halogens is 1. The van der Waals surface area contributed by atoms with Gasteiger partial charge in [-0.05, 0) is 65.4 Å². The van der Waals surface area contributed by atoms with Gasteiger partial charge in [0.2, 0.25) is 5.91 Å². The van der Waals surface area contributed by atoms with Crippen molar-refractivity contribution in [3.63, 3.8) is 0 Å². The number of hydrogen-bond donors (Lipinski definition) is 1. The van der Waals surface area contributed by atoms with E-state index in [1.54, 1.807) is 18.2 Å². The van der Waals surface area contributed by atoms with Gasteiger partial charge < -0.3 is 10.2 Å². The molecule has 0 saturated carbocycles. The van der Waals surface area contributed by atoms with Crippen LogP contribution in [0.3, 0.4) is 0 Å². The summed E-state index contributed by atoms with van der Waals surface area (Å²) in [4.78, 5) is 15.0. The Bertz CT molecular complexity index is 1040. The van der Waals surface area contributed by atoms with Gasteiger partial charge in [-0.3, -0.25) is 4.79 Å². The summed E-state index contributed by atoms with van der Waals surface area (Å²) in [6.45, 7) is 2.95. The molecule has 158 valence electrons. The highest BCUT2D eigenvalue weighted by atomic mass is 19.1. The van der Waals surface area contributed by atoms with Crippen LogP contribution in [0.25, 0.3) is 6.08 Å². The van der Waals surface area contributed by atoms with E-state index in [2.05, 4.69) is 17.4 Å². The van der Waals surface area contributed by atoms with Crippen molar-refractivity contribution in [2.45, 2.75) is 25.9 Å². The van der Waals surface area contributed by atoms with Crippen LogP contribution in [0.1, 0.15) is 27.8 Å². The number of carbonyl (C=O) groups is 1. The number of benzene rings is 3. The lowest BCUT2D eigenvalue weighted by Crippen LogP contribution is -2.31. The number of rotatable bonds is 7. The first-order valence-electron chi connectivity index (χ1n) is 10.8. The van der Waals surface area contributed by atoms with Gasteiger partial charge in [0.05, 0.1) is 0 Å². The Labute approximate surface area is 183 Å². The molecule has 0 unspecified atom stereocenters. The first kappa shape index (κ1) is 21.0. The predicted molar refractivity (Wildman–Crippen MR) is 123 cm³/mol. The Morgan fingerprint density at radius 3 is 2.58 bits per heavy atom. The number of fused-ring (bicyclic) bond motifs is 1. The number of carbonyl (C=O) groups excluding carboxylic acids is 1. The fourth-order valence-corrected chi connectivity index (χ4v) is 3.97. The minimum absolute atomic E-state index is 0.0162. The minimum atomic E-state index is -0.245. The van der Waals surface area contributed by atoms with Crippen LogP contribution < -0.4 is 5.32 Å². The van der Waals surface area contributed by atoms with Gasteiger partial charge in [0.25, 0.3) is 0 Å². The summed E-state index contributed by atoms with van der Waals surface area (Å²) in [6.07, 6.45) is 5.29. The molecular formula is C27H27FN2O. The minimum Gasteiger partial charge on any atom is -0.335 e. The lowest BCUT2D eigenvalue weighted by atomic mass is 9.95. The summed E-state index contributed by atoms with van der Waals surface area (Å²) < 4.78 is 13.2. The van der Waals surface area contributed by atoms with Crippen molar-refractivity contribution in [2.75, 3.05) is 13.1 Å². The highest BCUT2D eigenvalue weighted by Crippen LogP contribution is 2.20. The third-order valence-corrected chi connectivity index (χ3v) is 5.69. The predicted octanol–water partition coefficient (Wildman–Crippen LogP) is 4.76. The topological polar surface area (TPSA) is 32.3 Å². The maximum atomic E-state index is 13.2.